The summed E-state index contributed by atoms with van der Waals surface area (Å²) in [5.41, 5.74) is 4.10. The Bertz CT molecular complexity index is 560. The van der Waals surface area contributed by atoms with Gasteiger partial charge in [0.05, 0.1) is 5.69 Å². The summed E-state index contributed by atoms with van der Waals surface area (Å²) in [7, 11) is 0. The van der Waals surface area contributed by atoms with Crippen LogP contribution in [0.25, 0.3) is 11.3 Å². The molecule has 0 unspecified atom stereocenters. The van der Waals surface area contributed by atoms with E-state index in [4.69, 9.17) is 11.6 Å². The van der Waals surface area contributed by atoms with E-state index in [1.807, 2.05) is 18.2 Å². The zero-order chi connectivity index (χ0) is 10.4. The molecule has 0 atom stereocenters. The maximum Gasteiger partial charge on any atom is 0.185 e. The topological polar surface area (TPSA) is 45.8 Å². The second-order valence-corrected chi connectivity index (χ2v) is 3.98. The Kier molecular flexibility index (Phi) is 1.70. The first kappa shape index (κ1) is 8.68. The van der Waals surface area contributed by atoms with E-state index in [9.17, 15) is 4.79 Å². The molecule has 0 aliphatic heterocycles. The number of imidazole rings is 1. The van der Waals surface area contributed by atoms with Crippen molar-refractivity contribution in [2.24, 2.45) is 0 Å². The number of aromatic amines is 1. The second-order valence-electron chi connectivity index (χ2n) is 3.55. The molecule has 2 aromatic rings. The molecule has 0 fully saturated rings. The molecule has 0 saturated carbocycles. The minimum atomic E-state index is 0.389. The van der Waals surface area contributed by atoms with Gasteiger partial charge in [-0.1, -0.05) is 17.7 Å². The molecule has 0 radical (unpaired) electrons. The maximum absolute atomic E-state index is 10.6. The van der Waals surface area contributed by atoms with Gasteiger partial charge in [-0.3, -0.25) is 4.79 Å². The minimum absolute atomic E-state index is 0.389. The summed E-state index contributed by atoms with van der Waals surface area (Å²) in [4.78, 5) is 17.8. The van der Waals surface area contributed by atoms with E-state index >= 15 is 0 Å². The Hall–Kier alpha value is -1.61. The number of fused-ring (bicyclic) bond motifs is 3. The summed E-state index contributed by atoms with van der Waals surface area (Å²) in [6.07, 6.45) is 1.50. The van der Waals surface area contributed by atoms with Crippen LogP contribution in [0.2, 0.25) is 5.02 Å². The van der Waals surface area contributed by atoms with Gasteiger partial charge in [0.25, 0.3) is 0 Å². The summed E-state index contributed by atoms with van der Waals surface area (Å²) in [5.74, 6) is 0.389. The van der Waals surface area contributed by atoms with Gasteiger partial charge < -0.3 is 4.98 Å². The van der Waals surface area contributed by atoms with Crippen molar-refractivity contribution < 1.29 is 4.79 Å². The Morgan fingerprint density at radius 1 is 1.47 bits per heavy atom. The van der Waals surface area contributed by atoms with E-state index in [-0.39, 0.29) is 0 Å². The molecule has 0 spiro atoms. The molecule has 3 nitrogen and oxygen atoms in total. The molecule has 1 aromatic heterocycles. The number of H-pyrrole nitrogens is 1. The van der Waals surface area contributed by atoms with Crippen molar-refractivity contribution >= 4 is 17.9 Å². The number of benzene rings is 1. The number of carbonyl (C=O) groups excluding carboxylic acids is 1. The van der Waals surface area contributed by atoms with E-state index in [1.165, 1.54) is 0 Å². The van der Waals surface area contributed by atoms with E-state index in [1.54, 1.807) is 0 Å². The highest BCUT2D eigenvalue weighted by atomic mass is 35.5. The summed E-state index contributed by atoms with van der Waals surface area (Å²) in [6.45, 7) is 0. The van der Waals surface area contributed by atoms with Crippen molar-refractivity contribution in [3.8, 4) is 11.3 Å². The van der Waals surface area contributed by atoms with E-state index in [2.05, 4.69) is 9.97 Å². The highest BCUT2D eigenvalue weighted by Gasteiger charge is 2.22. The summed E-state index contributed by atoms with van der Waals surface area (Å²) >= 11 is 5.91. The van der Waals surface area contributed by atoms with Gasteiger partial charge >= 0.3 is 0 Å². The predicted octanol–water partition coefficient (Wildman–Crippen LogP) is 2.45. The highest BCUT2D eigenvalue weighted by molar-refractivity contribution is 6.30. The molecular weight excluding hydrogens is 212 g/mol. The lowest BCUT2D eigenvalue weighted by Gasteiger charge is -1.98. The second kappa shape index (κ2) is 2.94. The van der Waals surface area contributed by atoms with Crippen LogP contribution in [0.5, 0.6) is 0 Å². The lowest BCUT2D eigenvalue weighted by atomic mass is 10.1. The Morgan fingerprint density at radius 3 is 3.13 bits per heavy atom. The molecule has 3 rings (SSSR count). The lowest BCUT2D eigenvalue weighted by Crippen LogP contribution is -1.87. The van der Waals surface area contributed by atoms with Crippen LogP contribution >= 0.6 is 11.6 Å². The van der Waals surface area contributed by atoms with Crippen molar-refractivity contribution in [3.05, 3.63) is 40.3 Å². The van der Waals surface area contributed by atoms with Crippen molar-refractivity contribution in [1.29, 1.82) is 0 Å². The van der Waals surface area contributed by atoms with Gasteiger partial charge in [-0.05, 0) is 17.7 Å². The van der Waals surface area contributed by atoms with Crippen LogP contribution in [0.3, 0.4) is 0 Å². The third-order valence-corrected chi connectivity index (χ3v) is 2.83. The molecular formula is C11H7ClN2O. The quantitative estimate of drug-likeness (QED) is 0.638. The van der Waals surface area contributed by atoms with Gasteiger partial charge in [-0.2, -0.15) is 0 Å². The normalized spacial score (nSPS) is 12.3. The number of rotatable bonds is 1. The maximum atomic E-state index is 10.6. The Labute approximate surface area is 91.1 Å². The van der Waals surface area contributed by atoms with Crippen LogP contribution in [0, 0.1) is 0 Å². The number of halogens is 1. The fraction of sp³-hybridized carbons (Fsp3) is 0.0909. The summed E-state index contributed by atoms with van der Waals surface area (Å²) in [5, 5.41) is 0.731. The summed E-state index contributed by atoms with van der Waals surface area (Å²) in [6, 6.07) is 5.72. The number of carbonyl (C=O) groups is 1. The van der Waals surface area contributed by atoms with Gasteiger partial charge in [0.1, 0.15) is 0 Å². The molecule has 1 heterocycles. The van der Waals surface area contributed by atoms with Crippen LogP contribution in [-0.4, -0.2) is 16.3 Å². The van der Waals surface area contributed by atoms with E-state index in [0.717, 1.165) is 40.2 Å². The molecule has 1 aromatic carbocycles. The average Bonchev–Trinajstić information content (AvgIpc) is 2.73. The molecule has 74 valence electrons. The minimum Gasteiger partial charge on any atom is -0.339 e. The molecule has 15 heavy (non-hydrogen) atoms. The fourth-order valence-electron chi connectivity index (χ4n) is 1.97. The first-order chi connectivity index (χ1) is 7.28. The zero-order valence-corrected chi connectivity index (χ0v) is 8.51. The fourth-order valence-corrected chi connectivity index (χ4v) is 2.16. The smallest absolute Gasteiger partial charge is 0.185 e. The molecule has 0 saturated heterocycles. The van der Waals surface area contributed by atoms with Gasteiger partial charge in [0, 0.05) is 22.7 Å². The molecule has 0 amide bonds. The molecule has 1 N–H and O–H groups in total. The Balaban J connectivity index is 2.21. The number of aromatic nitrogens is 2. The van der Waals surface area contributed by atoms with Crippen LogP contribution in [0.1, 0.15) is 21.9 Å². The number of aldehydes is 1. The number of nitrogens with zero attached hydrogens (tertiary/aromatic N) is 1. The van der Waals surface area contributed by atoms with Crippen molar-refractivity contribution in [2.75, 3.05) is 0 Å². The van der Waals surface area contributed by atoms with Gasteiger partial charge in [-0.15, -0.1) is 0 Å². The first-order valence-electron chi connectivity index (χ1n) is 4.61. The zero-order valence-electron chi connectivity index (χ0n) is 7.75. The standard InChI is InChI=1S/C11H7ClN2O/c12-7-1-2-8-6(3-7)4-9-11(8)14-10(5-15)13-9/h1-3,5H,4H2,(H,13,14). The average molecular weight is 219 g/mol. The van der Waals surface area contributed by atoms with E-state index in [0.29, 0.717) is 5.82 Å². The van der Waals surface area contributed by atoms with Crippen molar-refractivity contribution in [1.82, 2.24) is 9.97 Å². The third kappa shape index (κ3) is 1.20. The van der Waals surface area contributed by atoms with E-state index < -0.39 is 0 Å². The van der Waals surface area contributed by atoms with Crippen LogP contribution < -0.4 is 0 Å². The largest absolute Gasteiger partial charge is 0.339 e. The van der Waals surface area contributed by atoms with Crippen LogP contribution in [-0.2, 0) is 6.42 Å². The predicted molar refractivity (Wildman–Crippen MR) is 57.2 cm³/mol. The molecule has 1 aliphatic carbocycles. The Morgan fingerprint density at radius 2 is 2.33 bits per heavy atom. The molecule has 4 heteroatoms. The monoisotopic (exact) mass is 218 g/mol. The van der Waals surface area contributed by atoms with Gasteiger partial charge in [0.2, 0.25) is 0 Å². The summed E-state index contributed by atoms with van der Waals surface area (Å²) < 4.78 is 0. The van der Waals surface area contributed by atoms with Crippen molar-refractivity contribution in [2.45, 2.75) is 6.42 Å². The lowest BCUT2D eigenvalue weighted by molar-refractivity contribution is 0.111. The van der Waals surface area contributed by atoms with Gasteiger partial charge in [-0.25, -0.2) is 4.98 Å². The molecule has 1 aliphatic rings. The first-order valence-corrected chi connectivity index (χ1v) is 4.98. The van der Waals surface area contributed by atoms with Crippen LogP contribution in [0.15, 0.2) is 18.2 Å². The number of hydrogen-bond donors (Lipinski definition) is 1. The van der Waals surface area contributed by atoms with Crippen molar-refractivity contribution in [3.63, 3.8) is 0 Å². The molecule has 0 bridgehead atoms. The SMILES string of the molecule is O=Cc1nc2c([nH]1)Cc1cc(Cl)ccc1-2. The van der Waals surface area contributed by atoms with Crippen LogP contribution in [0.4, 0.5) is 0 Å². The van der Waals surface area contributed by atoms with Gasteiger partial charge in [0.15, 0.2) is 12.1 Å². The third-order valence-electron chi connectivity index (χ3n) is 2.60. The number of nitrogens with one attached hydrogen (secondary N) is 1. The highest BCUT2D eigenvalue weighted by Crippen LogP contribution is 2.35. The number of hydrogen-bond acceptors (Lipinski definition) is 2.